The summed E-state index contributed by atoms with van der Waals surface area (Å²) in [6.45, 7) is 1.97. The van der Waals surface area contributed by atoms with Gasteiger partial charge in [0.2, 0.25) is 5.91 Å². The Labute approximate surface area is 123 Å². The molecule has 0 saturated heterocycles. The number of nitrogens with zero attached hydrogens (tertiary/aromatic N) is 1. The van der Waals surface area contributed by atoms with Crippen molar-refractivity contribution in [2.24, 2.45) is 4.99 Å². The molecule has 0 aromatic heterocycles. The molecule has 21 heavy (non-hydrogen) atoms. The van der Waals surface area contributed by atoms with Gasteiger partial charge in [-0.2, -0.15) is 0 Å². The molecule has 0 fully saturated rings. The average molecular weight is 282 g/mol. The summed E-state index contributed by atoms with van der Waals surface area (Å²) in [6.07, 6.45) is 1.37. The molecule has 1 aliphatic heterocycles. The molecular weight excluding hydrogens is 264 g/mol. The normalized spacial score (nSPS) is 17.7. The number of aliphatic imine (C=N–C) groups is 1. The molecule has 0 spiro atoms. The highest BCUT2D eigenvalue weighted by Crippen LogP contribution is 2.25. The van der Waals surface area contributed by atoms with Gasteiger partial charge >= 0.3 is 0 Å². The summed E-state index contributed by atoms with van der Waals surface area (Å²) < 4.78 is 5.30. The third-order valence-electron chi connectivity index (χ3n) is 3.81. The van der Waals surface area contributed by atoms with E-state index in [0.29, 0.717) is 6.42 Å². The quantitative estimate of drug-likeness (QED) is 0.937. The Morgan fingerprint density at radius 2 is 2.14 bits per heavy atom. The number of hydrogen-bond donors (Lipinski definition) is 1. The topological polar surface area (TPSA) is 50.7 Å². The van der Waals surface area contributed by atoms with Crippen LogP contribution in [0, 0.1) is 0 Å². The Kier molecular flexibility index (Phi) is 3.60. The van der Waals surface area contributed by atoms with Crippen LogP contribution in [0.2, 0.25) is 0 Å². The largest absolute Gasteiger partial charge is 0.497 e. The van der Waals surface area contributed by atoms with Crippen molar-refractivity contribution in [2.75, 3.05) is 7.11 Å². The molecule has 1 N–H and O–H groups in total. The molecule has 2 aromatic carbocycles. The lowest BCUT2D eigenvalue weighted by Crippen LogP contribution is -2.29. The van der Waals surface area contributed by atoms with Gasteiger partial charge in [0.25, 0.3) is 0 Å². The van der Waals surface area contributed by atoms with E-state index >= 15 is 0 Å². The Bertz CT molecular complexity index is 722. The smallest absolute Gasteiger partial charge is 0.250 e. The molecule has 4 heteroatoms. The van der Waals surface area contributed by atoms with Crippen molar-refractivity contribution < 1.29 is 9.53 Å². The third kappa shape index (κ3) is 2.61. The van der Waals surface area contributed by atoms with Crippen molar-refractivity contribution in [3.8, 4) is 5.75 Å². The number of nitrogens with one attached hydrogen (secondary N) is 1. The summed E-state index contributed by atoms with van der Waals surface area (Å²) in [7, 11) is 1.66. The van der Waals surface area contributed by atoms with Gasteiger partial charge in [0.15, 0.2) is 0 Å². The van der Waals surface area contributed by atoms with Crippen LogP contribution in [0.3, 0.4) is 0 Å². The van der Waals surface area contributed by atoms with Gasteiger partial charge in [0, 0.05) is 6.42 Å². The summed E-state index contributed by atoms with van der Waals surface area (Å²) in [5.41, 5.74) is 1.14. The lowest BCUT2D eigenvalue weighted by atomic mass is 10.0. The van der Waals surface area contributed by atoms with E-state index in [4.69, 9.17) is 4.74 Å². The van der Waals surface area contributed by atoms with Crippen molar-refractivity contribution in [1.29, 1.82) is 0 Å². The molecule has 0 bridgehead atoms. The lowest BCUT2D eigenvalue weighted by molar-refractivity contribution is -0.120. The first kappa shape index (κ1) is 13.6. The van der Waals surface area contributed by atoms with Gasteiger partial charge in [-0.05, 0) is 34.9 Å². The van der Waals surface area contributed by atoms with Gasteiger partial charge in [-0.25, -0.2) is 0 Å². The minimum absolute atomic E-state index is 0.00492. The number of carbonyl (C=O) groups is 1. The highest BCUT2D eigenvalue weighted by molar-refractivity contribution is 6.07. The summed E-state index contributed by atoms with van der Waals surface area (Å²) >= 11 is 0. The van der Waals surface area contributed by atoms with Crippen molar-refractivity contribution in [2.45, 2.75) is 25.8 Å². The molecule has 1 amide bonds. The van der Waals surface area contributed by atoms with Gasteiger partial charge in [0.1, 0.15) is 17.6 Å². The maximum atomic E-state index is 11.7. The Morgan fingerprint density at radius 1 is 1.29 bits per heavy atom. The molecule has 0 saturated carbocycles. The second-order valence-corrected chi connectivity index (χ2v) is 5.17. The Hall–Kier alpha value is -2.36. The van der Waals surface area contributed by atoms with Crippen molar-refractivity contribution in [3.05, 3.63) is 42.0 Å². The zero-order valence-corrected chi connectivity index (χ0v) is 12.2. The number of ether oxygens (including phenoxy) is 1. The SMILES string of the molecule is CCC1N=C(Cc2cccc3ccc(OC)cc23)NC1=O. The first-order valence-corrected chi connectivity index (χ1v) is 7.14. The number of hydrogen-bond acceptors (Lipinski definition) is 3. The van der Waals surface area contributed by atoms with Gasteiger partial charge in [0.05, 0.1) is 7.11 Å². The number of amidine groups is 1. The molecule has 1 aliphatic rings. The second kappa shape index (κ2) is 5.56. The van der Waals surface area contributed by atoms with Crippen LogP contribution in [0.1, 0.15) is 18.9 Å². The zero-order valence-electron chi connectivity index (χ0n) is 12.2. The fraction of sp³-hybridized carbons (Fsp3) is 0.294. The minimum atomic E-state index is -0.232. The van der Waals surface area contributed by atoms with E-state index in [9.17, 15) is 4.79 Å². The first-order chi connectivity index (χ1) is 10.2. The highest BCUT2D eigenvalue weighted by Gasteiger charge is 2.24. The van der Waals surface area contributed by atoms with Gasteiger partial charge in [-0.1, -0.05) is 31.2 Å². The van der Waals surface area contributed by atoms with E-state index < -0.39 is 0 Å². The molecule has 3 rings (SSSR count). The van der Waals surface area contributed by atoms with Gasteiger partial charge in [-0.15, -0.1) is 0 Å². The molecule has 1 atom stereocenters. The van der Waals surface area contributed by atoms with Crippen LogP contribution >= 0.6 is 0 Å². The van der Waals surface area contributed by atoms with E-state index in [2.05, 4.69) is 22.4 Å². The number of fused-ring (bicyclic) bond motifs is 1. The number of carbonyl (C=O) groups excluding carboxylic acids is 1. The van der Waals surface area contributed by atoms with E-state index in [1.165, 1.54) is 0 Å². The van der Waals surface area contributed by atoms with Crippen LogP contribution in [0.5, 0.6) is 5.75 Å². The Balaban J connectivity index is 1.96. The summed E-state index contributed by atoms with van der Waals surface area (Å²) in [5, 5.41) is 5.17. The number of methoxy groups -OCH3 is 1. The van der Waals surface area contributed by atoms with E-state index in [1.54, 1.807) is 7.11 Å². The van der Waals surface area contributed by atoms with E-state index in [1.807, 2.05) is 31.2 Å². The summed E-state index contributed by atoms with van der Waals surface area (Å²) in [6, 6.07) is 12.0. The molecule has 2 aromatic rings. The van der Waals surface area contributed by atoms with Crippen LogP contribution in [-0.2, 0) is 11.2 Å². The van der Waals surface area contributed by atoms with Crippen LogP contribution < -0.4 is 10.1 Å². The second-order valence-electron chi connectivity index (χ2n) is 5.17. The fourth-order valence-electron chi connectivity index (χ4n) is 2.65. The predicted molar refractivity (Wildman–Crippen MR) is 83.9 cm³/mol. The third-order valence-corrected chi connectivity index (χ3v) is 3.81. The predicted octanol–water partition coefficient (Wildman–Crippen LogP) is 2.70. The monoisotopic (exact) mass is 282 g/mol. The first-order valence-electron chi connectivity index (χ1n) is 7.14. The van der Waals surface area contributed by atoms with Gasteiger partial charge < -0.3 is 10.1 Å². The summed E-state index contributed by atoms with van der Waals surface area (Å²) in [4.78, 5) is 16.2. The van der Waals surface area contributed by atoms with Crippen LogP contribution in [0.25, 0.3) is 10.8 Å². The molecule has 108 valence electrons. The maximum Gasteiger partial charge on any atom is 0.250 e. The summed E-state index contributed by atoms with van der Waals surface area (Å²) in [5.74, 6) is 1.59. The van der Waals surface area contributed by atoms with E-state index in [0.717, 1.165) is 34.3 Å². The van der Waals surface area contributed by atoms with Gasteiger partial charge in [-0.3, -0.25) is 9.79 Å². The zero-order chi connectivity index (χ0) is 14.8. The standard InChI is InChI=1S/C17H18N2O2/c1-3-15-17(20)19-16(18-15)9-12-6-4-5-11-7-8-13(21-2)10-14(11)12/h4-8,10,15H,3,9H2,1-2H3,(H,18,19,20). The van der Waals surface area contributed by atoms with Crippen molar-refractivity contribution >= 4 is 22.5 Å². The fourth-order valence-corrected chi connectivity index (χ4v) is 2.65. The van der Waals surface area contributed by atoms with Crippen LogP contribution in [-0.4, -0.2) is 24.9 Å². The number of benzene rings is 2. The molecular formula is C17H18N2O2. The molecule has 1 heterocycles. The Morgan fingerprint density at radius 3 is 2.86 bits per heavy atom. The van der Waals surface area contributed by atoms with Crippen molar-refractivity contribution in [3.63, 3.8) is 0 Å². The maximum absolute atomic E-state index is 11.7. The van der Waals surface area contributed by atoms with Crippen molar-refractivity contribution in [1.82, 2.24) is 5.32 Å². The number of amides is 1. The molecule has 0 radical (unpaired) electrons. The average Bonchev–Trinajstić information content (AvgIpc) is 2.87. The van der Waals surface area contributed by atoms with Crippen LogP contribution in [0.4, 0.5) is 0 Å². The number of rotatable bonds is 4. The lowest BCUT2D eigenvalue weighted by Gasteiger charge is -2.08. The molecule has 1 unspecified atom stereocenters. The minimum Gasteiger partial charge on any atom is -0.497 e. The molecule has 0 aliphatic carbocycles. The van der Waals surface area contributed by atoms with E-state index in [-0.39, 0.29) is 11.9 Å². The molecule has 4 nitrogen and oxygen atoms in total. The highest BCUT2D eigenvalue weighted by atomic mass is 16.5. The van der Waals surface area contributed by atoms with Crippen LogP contribution in [0.15, 0.2) is 41.4 Å².